The summed E-state index contributed by atoms with van der Waals surface area (Å²) >= 11 is 3.36. The second kappa shape index (κ2) is 4.35. The Balaban J connectivity index is 2.09. The van der Waals surface area contributed by atoms with Gasteiger partial charge >= 0.3 is 0 Å². The van der Waals surface area contributed by atoms with E-state index in [1.807, 2.05) is 36.2 Å². The monoisotopic (exact) mass is 267 g/mol. The van der Waals surface area contributed by atoms with Crippen molar-refractivity contribution in [2.45, 2.75) is 25.3 Å². The highest BCUT2D eigenvalue weighted by molar-refractivity contribution is 9.10. The number of hydrogen-bond acceptors (Lipinski definition) is 1. The number of benzene rings is 1. The van der Waals surface area contributed by atoms with Gasteiger partial charge in [0.2, 0.25) is 0 Å². The van der Waals surface area contributed by atoms with Gasteiger partial charge in [-0.05, 0) is 43.5 Å². The summed E-state index contributed by atoms with van der Waals surface area (Å²) in [4.78, 5) is 13.9. The lowest BCUT2D eigenvalue weighted by atomic mass is 9.91. The number of nitrogens with zero attached hydrogens (tertiary/aromatic N) is 1. The van der Waals surface area contributed by atoms with Crippen LogP contribution in [-0.4, -0.2) is 23.9 Å². The Morgan fingerprint density at radius 1 is 1.33 bits per heavy atom. The van der Waals surface area contributed by atoms with Gasteiger partial charge in [-0.3, -0.25) is 4.79 Å². The zero-order chi connectivity index (χ0) is 10.8. The van der Waals surface area contributed by atoms with Gasteiger partial charge in [-0.25, -0.2) is 0 Å². The summed E-state index contributed by atoms with van der Waals surface area (Å²) in [6.45, 7) is 0. The molecule has 0 unspecified atom stereocenters. The predicted octanol–water partition coefficient (Wildman–Crippen LogP) is 3.07. The first-order valence-corrected chi connectivity index (χ1v) is 6.00. The molecule has 0 aromatic heterocycles. The van der Waals surface area contributed by atoms with Gasteiger partial charge in [-0.2, -0.15) is 0 Å². The highest BCUT2D eigenvalue weighted by atomic mass is 79.9. The van der Waals surface area contributed by atoms with Crippen molar-refractivity contribution in [3.63, 3.8) is 0 Å². The first-order chi connectivity index (χ1) is 7.18. The van der Waals surface area contributed by atoms with E-state index < -0.39 is 0 Å². The van der Waals surface area contributed by atoms with E-state index in [2.05, 4.69) is 15.9 Å². The molecule has 0 N–H and O–H groups in total. The van der Waals surface area contributed by atoms with Crippen molar-refractivity contribution in [2.24, 2.45) is 0 Å². The Morgan fingerprint density at radius 2 is 1.93 bits per heavy atom. The lowest BCUT2D eigenvalue weighted by Gasteiger charge is -2.34. The van der Waals surface area contributed by atoms with E-state index in [-0.39, 0.29) is 5.91 Å². The van der Waals surface area contributed by atoms with Gasteiger partial charge in [0.15, 0.2) is 0 Å². The molecule has 1 saturated carbocycles. The van der Waals surface area contributed by atoms with E-state index in [0.717, 1.165) is 22.9 Å². The van der Waals surface area contributed by atoms with Gasteiger partial charge in [-0.1, -0.05) is 15.9 Å². The number of rotatable bonds is 2. The molecule has 15 heavy (non-hydrogen) atoms. The molecule has 0 atom stereocenters. The van der Waals surface area contributed by atoms with Gasteiger partial charge in [0.1, 0.15) is 0 Å². The summed E-state index contributed by atoms with van der Waals surface area (Å²) in [5, 5.41) is 0. The number of amides is 1. The SMILES string of the molecule is CN(C(=O)c1ccc(Br)cc1)C1CCC1. The molecule has 0 aliphatic heterocycles. The lowest BCUT2D eigenvalue weighted by molar-refractivity contribution is 0.0652. The molecule has 1 aromatic carbocycles. The molecule has 2 nitrogen and oxygen atoms in total. The molecule has 80 valence electrons. The van der Waals surface area contributed by atoms with Gasteiger partial charge in [-0.15, -0.1) is 0 Å². The highest BCUT2D eigenvalue weighted by Crippen LogP contribution is 2.25. The fraction of sp³-hybridized carbons (Fsp3) is 0.417. The van der Waals surface area contributed by atoms with Crippen LogP contribution in [0.15, 0.2) is 28.7 Å². The van der Waals surface area contributed by atoms with Crippen LogP contribution in [0.5, 0.6) is 0 Å². The van der Waals surface area contributed by atoms with Crippen LogP contribution >= 0.6 is 15.9 Å². The topological polar surface area (TPSA) is 20.3 Å². The summed E-state index contributed by atoms with van der Waals surface area (Å²) in [7, 11) is 1.90. The molecule has 2 rings (SSSR count). The smallest absolute Gasteiger partial charge is 0.253 e. The van der Waals surface area contributed by atoms with Crippen LogP contribution in [0.2, 0.25) is 0 Å². The summed E-state index contributed by atoms with van der Waals surface area (Å²) < 4.78 is 1.00. The summed E-state index contributed by atoms with van der Waals surface area (Å²) in [6.07, 6.45) is 3.56. The van der Waals surface area contributed by atoms with Crippen LogP contribution in [0.3, 0.4) is 0 Å². The van der Waals surface area contributed by atoms with E-state index >= 15 is 0 Å². The van der Waals surface area contributed by atoms with Gasteiger partial charge < -0.3 is 4.90 Å². The summed E-state index contributed by atoms with van der Waals surface area (Å²) in [5.41, 5.74) is 0.771. The van der Waals surface area contributed by atoms with E-state index in [0.29, 0.717) is 6.04 Å². The maximum absolute atomic E-state index is 12.0. The maximum atomic E-state index is 12.0. The molecule has 1 aromatic rings. The predicted molar refractivity (Wildman–Crippen MR) is 63.9 cm³/mol. The van der Waals surface area contributed by atoms with Gasteiger partial charge in [0.25, 0.3) is 5.91 Å². The molecular weight excluding hydrogens is 254 g/mol. The molecule has 0 bridgehead atoms. The van der Waals surface area contributed by atoms with Gasteiger partial charge in [0, 0.05) is 23.1 Å². The molecule has 1 fully saturated rings. The zero-order valence-corrected chi connectivity index (χ0v) is 10.3. The number of carbonyl (C=O) groups excluding carboxylic acids is 1. The number of hydrogen-bond donors (Lipinski definition) is 0. The molecule has 1 aliphatic rings. The van der Waals surface area contributed by atoms with Crippen LogP contribution in [0, 0.1) is 0 Å². The fourth-order valence-electron chi connectivity index (χ4n) is 1.74. The second-order valence-corrected chi connectivity index (χ2v) is 4.92. The van der Waals surface area contributed by atoms with Crippen LogP contribution < -0.4 is 0 Å². The average Bonchev–Trinajstić information content (AvgIpc) is 2.15. The van der Waals surface area contributed by atoms with Crippen LogP contribution in [0.25, 0.3) is 0 Å². The van der Waals surface area contributed by atoms with E-state index in [9.17, 15) is 4.79 Å². The third kappa shape index (κ3) is 2.23. The minimum absolute atomic E-state index is 0.132. The minimum Gasteiger partial charge on any atom is -0.339 e. The molecule has 0 spiro atoms. The first-order valence-electron chi connectivity index (χ1n) is 5.21. The van der Waals surface area contributed by atoms with E-state index in [1.54, 1.807) is 0 Å². The Kier molecular flexibility index (Phi) is 3.10. The summed E-state index contributed by atoms with van der Waals surface area (Å²) in [6, 6.07) is 7.99. The van der Waals surface area contributed by atoms with E-state index in [4.69, 9.17) is 0 Å². The van der Waals surface area contributed by atoms with Crippen molar-refractivity contribution < 1.29 is 4.79 Å². The fourth-order valence-corrected chi connectivity index (χ4v) is 2.00. The standard InChI is InChI=1S/C12H14BrNO/c1-14(11-3-2-4-11)12(15)9-5-7-10(13)8-6-9/h5-8,11H,2-4H2,1H3. The van der Waals surface area contributed by atoms with Crippen LogP contribution in [0.4, 0.5) is 0 Å². The third-order valence-electron chi connectivity index (χ3n) is 3.03. The lowest BCUT2D eigenvalue weighted by Crippen LogP contribution is -2.41. The number of halogens is 1. The maximum Gasteiger partial charge on any atom is 0.253 e. The van der Waals surface area contributed by atoms with E-state index in [1.165, 1.54) is 6.42 Å². The molecule has 3 heteroatoms. The van der Waals surface area contributed by atoms with Crippen molar-refractivity contribution in [3.05, 3.63) is 34.3 Å². The minimum atomic E-state index is 0.132. The Morgan fingerprint density at radius 3 is 2.40 bits per heavy atom. The quantitative estimate of drug-likeness (QED) is 0.807. The van der Waals surface area contributed by atoms with Crippen LogP contribution in [-0.2, 0) is 0 Å². The van der Waals surface area contributed by atoms with Crippen molar-refractivity contribution in [3.8, 4) is 0 Å². The first kappa shape index (κ1) is 10.7. The molecule has 1 aliphatic carbocycles. The van der Waals surface area contributed by atoms with Crippen molar-refractivity contribution in [1.29, 1.82) is 0 Å². The Hall–Kier alpha value is -0.830. The second-order valence-electron chi connectivity index (χ2n) is 4.01. The van der Waals surface area contributed by atoms with Crippen molar-refractivity contribution in [2.75, 3.05) is 7.05 Å². The van der Waals surface area contributed by atoms with Crippen LogP contribution in [0.1, 0.15) is 29.6 Å². The molecule has 0 radical (unpaired) electrons. The normalized spacial score (nSPS) is 15.9. The largest absolute Gasteiger partial charge is 0.339 e. The van der Waals surface area contributed by atoms with Gasteiger partial charge in [0.05, 0.1) is 0 Å². The third-order valence-corrected chi connectivity index (χ3v) is 3.56. The highest BCUT2D eigenvalue weighted by Gasteiger charge is 2.25. The van der Waals surface area contributed by atoms with Crippen molar-refractivity contribution in [1.82, 2.24) is 4.90 Å². The molecule has 1 amide bonds. The Bertz CT molecular complexity index is 356. The Labute approximate surface area is 98.4 Å². The molecular formula is C12H14BrNO. The summed E-state index contributed by atoms with van der Waals surface area (Å²) in [5.74, 6) is 0.132. The molecule has 0 heterocycles. The van der Waals surface area contributed by atoms with Crippen molar-refractivity contribution >= 4 is 21.8 Å². The molecule has 0 saturated heterocycles. The number of carbonyl (C=O) groups is 1. The average molecular weight is 268 g/mol. The zero-order valence-electron chi connectivity index (χ0n) is 8.74.